The summed E-state index contributed by atoms with van der Waals surface area (Å²) >= 11 is 0. The Bertz CT molecular complexity index is 373. The lowest BCUT2D eigenvalue weighted by molar-refractivity contribution is 0.00382. The van der Waals surface area contributed by atoms with Crippen LogP contribution in [-0.2, 0) is 6.42 Å². The smallest absolute Gasteiger partial charge is 0.105 e. The Labute approximate surface area is 94.4 Å². The van der Waals surface area contributed by atoms with E-state index in [0.717, 1.165) is 0 Å². The van der Waals surface area contributed by atoms with E-state index in [9.17, 15) is 10.2 Å². The first-order chi connectivity index (χ1) is 7.70. The molecule has 1 aromatic rings. The maximum absolute atomic E-state index is 9.86. The molecule has 0 bridgehead atoms. The lowest BCUT2D eigenvalue weighted by Gasteiger charge is -2.19. The topological polar surface area (TPSA) is 84.5 Å². The fourth-order valence-corrected chi connectivity index (χ4v) is 1.57. The number of aliphatic hydroxyl groups is 3. The number of benzene rings is 1. The van der Waals surface area contributed by atoms with E-state index in [0.29, 0.717) is 11.1 Å². The Kier molecular flexibility index (Phi) is 4.93. The quantitative estimate of drug-likeness (QED) is 0.677. The molecule has 0 spiro atoms. The molecule has 1 aromatic carbocycles. The molecule has 3 N–H and O–H groups in total. The first kappa shape index (κ1) is 12.7. The van der Waals surface area contributed by atoms with Gasteiger partial charge < -0.3 is 15.3 Å². The molecular formula is C12H15NO3. The zero-order valence-corrected chi connectivity index (χ0v) is 8.87. The first-order valence-corrected chi connectivity index (χ1v) is 5.12. The maximum Gasteiger partial charge on any atom is 0.105 e. The van der Waals surface area contributed by atoms with Crippen LogP contribution in [0.4, 0.5) is 0 Å². The molecule has 4 heteroatoms. The van der Waals surface area contributed by atoms with Gasteiger partial charge in [-0.2, -0.15) is 5.26 Å². The van der Waals surface area contributed by atoms with Crippen LogP contribution < -0.4 is 0 Å². The zero-order valence-electron chi connectivity index (χ0n) is 8.87. The van der Waals surface area contributed by atoms with Crippen molar-refractivity contribution >= 4 is 0 Å². The summed E-state index contributed by atoms with van der Waals surface area (Å²) in [6.07, 6.45) is -1.76. The molecule has 0 radical (unpaired) electrons. The second-order valence-electron chi connectivity index (χ2n) is 3.56. The summed E-state index contributed by atoms with van der Waals surface area (Å²) in [6, 6.07) is 8.95. The third kappa shape index (κ3) is 3.04. The van der Waals surface area contributed by atoms with E-state index in [1.807, 2.05) is 6.07 Å². The normalized spacial score (nSPS) is 14.1. The van der Waals surface area contributed by atoms with E-state index in [4.69, 9.17) is 10.4 Å². The van der Waals surface area contributed by atoms with Crippen molar-refractivity contribution in [2.45, 2.75) is 25.0 Å². The minimum Gasteiger partial charge on any atom is -0.396 e. The highest BCUT2D eigenvalue weighted by molar-refractivity contribution is 5.31. The average molecular weight is 221 g/mol. The van der Waals surface area contributed by atoms with Crippen LogP contribution in [0.15, 0.2) is 24.3 Å². The third-order valence-corrected chi connectivity index (χ3v) is 2.43. The summed E-state index contributed by atoms with van der Waals surface area (Å²) in [6.45, 7) is -0.182. The van der Waals surface area contributed by atoms with Crippen molar-refractivity contribution in [1.29, 1.82) is 5.26 Å². The molecular weight excluding hydrogens is 206 g/mol. The van der Waals surface area contributed by atoms with Gasteiger partial charge >= 0.3 is 0 Å². The minimum absolute atomic E-state index is 0.113. The fourth-order valence-electron chi connectivity index (χ4n) is 1.57. The van der Waals surface area contributed by atoms with Crippen molar-refractivity contribution < 1.29 is 15.3 Å². The Morgan fingerprint density at radius 2 is 1.94 bits per heavy atom. The largest absolute Gasteiger partial charge is 0.396 e. The summed E-state index contributed by atoms with van der Waals surface area (Å²) in [5.41, 5.74) is 1.25. The molecule has 0 aliphatic rings. The van der Waals surface area contributed by atoms with Crippen LogP contribution in [0.1, 0.15) is 23.7 Å². The highest BCUT2D eigenvalue weighted by atomic mass is 16.3. The van der Waals surface area contributed by atoms with Crippen LogP contribution in [0.5, 0.6) is 0 Å². The molecule has 4 nitrogen and oxygen atoms in total. The second-order valence-corrected chi connectivity index (χ2v) is 3.56. The van der Waals surface area contributed by atoms with E-state index in [1.54, 1.807) is 24.3 Å². The Morgan fingerprint density at radius 3 is 2.56 bits per heavy atom. The van der Waals surface area contributed by atoms with E-state index in [2.05, 4.69) is 0 Å². The lowest BCUT2D eigenvalue weighted by Crippen LogP contribution is -2.20. The van der Waals surface area contributed by atoms with Gasteiger partial charge in [0.25, 0.3) is 0 Å². The van der Waals surface area contributed by atoms with E-state index in [1.165, 1.54) is 0 Å². The van der Waals surface area contributed by atoms with Gasteiger partial charge in [0.05, 0.1) is 18.6 Å². The Balaban J connectivity index is 2.89. The van der Waals surface area contributed by atoms with E-state index in [-0.39, 0.29) is 19.4 Å². The van der Waals surface area contributed by atoms with Gasteiger partial charge in [-0.25, -0.2) is 0 Å². The molecule has 0 amide bonds. The van der Waals surface area contributed by atoms with Gasteiger partial charge in [-0.05, 0) is 17.5 Å². The second kappa shape index (κ2) is 6.23. The minimum atomic E-state index is -1.06. The Morgan fingerprint density at radius 1 is 1.25 bits per heavy atom. The monoisotopic (exact) mass is 221 g/mol. The molecule has 86 valence electrons. The van der Waals surface area contributed by atoms with Gasteiger partial charge in [-0.1, -0.05) is 24.3 Å². The number of nitrogens with zero attached hydrogens (tertiary/aromatic N) is 1. The Hall–Kier alpha value is -1.41. The van der Waals surface area contributed by atoms with Gasteiger partial charge in [-0.3, -0.25) is 0 Å². The van der Waals surface area contributed by atoms with Crippen molar-refractivity contribution in [3.05, 3.63) is 35.4 Å². The van der Waals surface area contributed by atoms with Crippen molar-refractivity contribution in [3.63, 3.8) is 0 Å². The van der Waals surface area contributed by atoms with E-state index >= 15 is 0 Å². The van der Waals surface area contributed by atoms with Gasteiger partial charge in [0.1, 0.15) is 6.10 Å². The summed E-state index contributed by atoms with van der Waals surface area (Å²) in [5, 5.41) is 36.7. The van der Waals surface area contributed by atoms with Gasteiger partial charge in [0.2, 0.25) is 0 Å². The van der Waals surface area contributed by atoms with Gasteiger partial charge in [0.15, 0.2) is 0 Å². The number of nitriles is 1. The molecule has 2 unspecified atom stereocenters. The number of rotatable bonds is 5. The summed E-state index contributed by atoms with van der Waals surface area (Å²) in [7, 11) is 0. The highest BCUT2D eigenvalue weighted by Gasteiger charge is 2.19. The molecule has 0 aliphatic heterocycles. The van der Waals surface area contributed by atoms with Crippen molar-refractivity contribution in [2.24, 2.45) is 0 Å². The molecule has 0 aliphatic carbocycles. The SMILES string of the molecule is N#CCc1ccccc1C(O)C(O)CCO. The molecule has 0 saturated heterocycles. The summed E-state index contributed by atoms with van der Waals surface area (Å²) in [5.74, 6) is 0. The van der Waals surface area contributed by atoms with Crippen molar-refractivity contribution in [3.8, 4) is 6.07 Å². The van der Waals surface area contributed by atoms with Crippen LogP contribution in [0.2, 0.25) is 0 Å². The highest BCUT2D eigenvalue weighted by Crippen LogP contribution is 2.22. The van der Waals surface area contributed by atoms with Gasteiger partial charge in [-0.15, -0.1) is 0 Å². The van der Waals surface area contributed by atoms with Crippen LogP contribution in [0, 0.1) is 11.3 Å². The standard InChI is InChI=1S/C12H15NO3/c13-7-5-9-3-1-2-4-10(9)12(16)11(15)6-8-14/h1-4,11-12,14-16H,5-6,8H2. The van der Waals surface area contributed by atoms with Crippen LogP contribution in [0.3, 0.4) is 0 Å². The number of aliphatic hydroxyl groups excluding tert-OH is 3. The summed E-state index contributed by atoms with van der Waals surface area (Å²) in [4.78, 5) is 0. The maximum atomic E-state index is 9.86. The summed E-state index contributed by atoms with van der Waals surface area (Å²) < 4.78 is 0. The zero-order chi connectivity index (χ0) is 12.0. The molecule has 1 rings (SSSR count). The number of hydrogen-bond donors (Lipinski definition) is 3. The van der Waals surface area contributed by atoms with Crippen molar-refractivity contribution in [2.75, 3.05) is 6.61 Å². The number of hydrogen-bond acceptors (Lipinski definition) is 4. The fraction of sp³-hybridized carbons (Fsp3) is 0.417. The van der Waals surface area contributed by atoms with Crippen LogP contribution in [0.25, 0.3) is 0 Å². The van der Waals surface area contributed by atoms with E-state index < -0.39 is 12.2 Å². The molecule has 0 saturated carbocycles. The van der Waals surface area contributed by atoms with Crippen LogP contribution >= 0.6 is 0 Å². The van der Waals surface area contributed by atoms with Crippen molar-refractivity contribution in [1.82, 2.24) is 0 Å². The molecule has 0 aromatic heterocycles. The third-order valence-electron chi connectivity index (χ3n) is 2.43. The molecule has 2 atom stereocenters. The van der Waals surface area contributed by atoms with Crippen LogP contribution in [-0.4, -0.2) is 28.0 Å². The van der Waals surface area contributed by atoms with Gasteiger partial charge in [0, 0.05) is 6.61 Å². The lowest BCUT2D eigenvalue weighted by atomic mass is 9.96. The molecule has 0 heterocycles. The molecule has 0 fully saturated rings. The first-order valence-electron chi connectivity index (χ1n) is 5.12. The predicted octanol–water partition coefficient (Wildman–Crippen LogP) is 0.529. The average Bonchev–Trinajstić information content (AvgIpc) is 2.29. The predicted molar refractivity (Wildman–Crippen MR) is 58.4 cm³/mol. The molecule has 16 heavy (non-hydrogen) atoms.